The molecule has 2 saturated heterocycles. The fourth-order valence-corrected chi connectivity index (χ4v) is 3.15. The van der Waals surface area contributed by atoms with Gasteiger partial charge in [0.25, 0.3) is 0 Å². The molecule has 3 N–H and O–H groups in total. The number of nitrogens with two attached hydrogens (primary N) is 1. The van der Waals surface area contributed by atoms with Gasteiger partial charge in [-0.3, -0.25) is 14.6 Å². The van der Waals surface area contributed by atoms with Crippen LogP contribution in [0.5, 0.6) is 0 Å². The molecular weight excluding hydrogens is 228 g/mol. The predicted octanol–water partition coefficient (Wildman–Crippen LogP) is -0.382. The number of primary amides is 1. The number of carbonyl (C=O) groups is 1. The molecule has 2 aliphatic rings. The quantitative estimate of drug-likeness (QED) is 0.718. The SMILES string of the molecule is CNC(C)(CN1CC2CCCN2CC1C)C(N)=O. The Morgan fingerprint density at radius 1 is 1.50 bits per heavy atom. The fourth-order valence-electron chi connectivity index (χ4n) is 3.15. The van der Waals surface area contributed by atoms with Crippen molar-refractivity contribution in [2.45, 2.75) is 44.3 Å². The maximum absolute atomic E-state index is 11.6. The van der Waals surface area contributed by atoms with Gasteiger partial charge in [-0.1, -0.05) is 0 Å². The number of rotatable bonds is 4. The summed E-state index contributed by atoms with van der Waals surface area (Å²) in [7, 11) is 1.81. The van der Waals surface area contributed by atoms with Gasteiger partial charge in [0.1, 0.15) is 5.54 Å². The van der Waals surface area contributed by atoms with Gasteiger partial charge in [-0.25, -0.2) is 0 Å². The molecule has 0 radical (unpaired) electrons. The van der Waals surface area contributed by atoms with Crippen LogP contribution in [0.3, 0.4) is 0 Å². The van der Waals surface area contributed by atoms with Gasteiger partial charge >= 0.3 is 0 Å². The maximum Gasteiger partial charge on any atom is 0.238 e. The molecule has 0 aromatic rings. The number of likely N-dealkylation sites (N-methyl/N-ethyl adjacent to an activating group) is 1. The van der Waals surface area contributed by atoms with Gasteiger partial charge < -0.3 is 11.1 Å². The van der Waals surface area contributed by atoms with Crippen molar-refractivity contribution in [3.8, 4) is 0 Å². The lowest BCUT2D eigenvalue weighted by Gasteiger charge is -2.45. The summed E-state index contributed by atoms with van der Waals surface area (Å²) in [4.78, 5) is 16.6. The summed E-state index contributed by atoms with van der Waals surface area (Å²) >= 11 is 0. The summed E-state index contributed by atoms with van der Waals surface area (Å²) in [5.74, 6) is -0.272. The molecule has 18 heavy (non-hydrogen) atoms. The van der Waals surface area contributed by atoms with E-state index in [2.05, 4.69) is 22.0 Å². The summed E-state index contributed by atoms with van der Waals surface area (Å²) in [5.41, 5.74) is 4.88. The van der Waals surface area contributed by atoms with Crippen molar-refractivity contribution in [3.05, 3.63) is 0 Å². The van der Waals surface area contributed by atoms with E-state index in [9.17, 15) is 4.79 Å². The number of nitrogens with zero attached hydrogens (tertiary/aromatic N) is 2. The lowest BCUT2D eigenvalue weighted by atomic mass is 9.98. The predicted molar refractivity (Wildman–Crippen MR) is 72.3 cm³/mol. The lowest BCUT2D eigenvalue weighted by molar-refractivity contribution is -0.125. The molecular formula is C13H26N4O. The van der Waals surface area contributed by atoms with E-state index in [4.69, 9.17) is 5.73 Å². The van der Waals surface area contributed by atoms with Gasteiger partial charge in [0.05, 0.1) is 0 Å². The Bertz CT molecular complexity index is 322. The van der Waals surface area contributed by atoms with Gasteiger partial charge in [-0.2, -0.15) is 0 Å². The van der Waals surface area contributed by atoms with Crippen LogP contribution < -0.4 is 11.1 Å². The van der Waals surface area contributed by atoms with Gasteiger partial charge in [0, 0.05) is 31.7 Å². The van der Waals surface area contributed by atoms with E-state index in [1.54, 1.807) is 7.05 Å². The molecule has 0 aromatic heterocycles. The average Bonchev–Trinajstić information content (AvgIpc) is 2.76. The summed E-state index contributed by atoms with van der Waals surface area (Å²) in [6.45, 7) is 8.25. The van der Waals surface area contributed by atoms with Crippen molar-refractivity contribution in [2.75, 3.05) is 33.2 Å². The number of fused-ring (bicyclic) bond motifs is 1. The first-order valence-electron chi connectivity index (χ1n) is 6.93. The summed E-state index contributed by atoms with van der Waals surface area (Å²) in [5, 5.41) is 3.08. The minimum atomic E-state index is -0.630. The molecule has 1 amide bonds. The molecule has 0 spiro atoms. The second-order valence-corrected chi connectivity index (χ2v) is 6.02. The van der Waals surface area contributed by atoms with Crippen LogP contribution in [0.4, 0.5) is 0 Å². The number of carbonyl (C=O) groups excluding carboxylic acids is 1. The Hall–Kier alpha value is -0.650. The molecule has 104 valence electrons. The Balaban J connectivity index is 2.02. The van der Waals surface area contributed by atoms with Gasteiger partial charge in [0.2, 0.25) is 5.91 Å². The molecule has 3 unspecified atom stereocenters. The zero-order chi connectivity index (χ0) is 13.3. The van der Waals surface area contributed by atoms with Crippen molar-refractivity contribution in [1.29, 1.82) is 0 Å². The number of amides is 1. The second-order valence-electron chi connectivity index (χ2n) is 6.02. The zero-order valence-corrected chi connectivity index (χ0v) is 11.8. The van der Waals surface area contributed by atoms with E-state index in [-0.39, 0.29) is 5.91 Å². The zero-order valence-electron chi connectivity index (χ0n) is 11.8. The minimum Gasteiger partial charge on any atom is -0.368 e. The summed E-state index contributed by atoms with van der Waals surface area (Å²) in [6, 6.07) is 1.17. The Morgan fingerprint density at radius 3 is 2.83 bits per heavy atom. The largest absolute Gasteiger partial charge is 0.368 e. The van der Waals surface area contributed by atoms with Crippen LogP contribution in [0.2, 0.25) is 0 Å². The highest BCUT2D eigenvalue weighted by Crippen LogP contribution is 2.25. The van der Waals surface area contributed by atoms with Crippen molar-refractivity contribution in [1.82, 2.24) is 15.1 Å². The van der Waals surface area contributed by atoms with Crippen LogP contribution >= 0.6 is 0 Å². The second kappa shape index (κ2) is 5.15. The first kappa shape index (κ1) is 13.8. The molecule has 2 aliphatic heterocycles. The third-order valence-electron chi connectivity index (χ3n) is 4.68. The third kappa shape index (κ3) is 2.53. The molecule has 0 bridgehead atoms. The number of hydrogen-bond acceptors (Lipinski definition) is 4. The number of hydrogen-bond donors (Lipinski definition) is 2. The molecule has 0 saturated carbocycles. The van der Waals surface area contributed by atoms with Crippen molar-refractivity contribution in [2.24, 2.45) is 5.73 Å². The van der Waals surface area contributed by atoms with Gasteiger partial charge in [0.15, 0.2) is 0 Å². The number of piperazine rings is 1. The summed E-state index contributed by atoms with van der Waals surface area (Å²) in [6.07, 6.45) is 2.60. The van der Waals surface area contributed by atoms with Crippen molar-refractivity contribution >= 4 is 5.91 Å². The topological polar surface area (TPSA) is 61.6 Å². The minimum absolute atomic E-state index is 0.272. The summed E-state index contributed by atoms with van der Waals surface area (Å²) < 4.78 is 0. The lowest BCUT2D eigenvalue weighted by Crippen LogP contribution is -2.64. The van der Waals surface area contributed by atoms with Crippen molar-refractivity contribution < 1.29 is 4.79 Å². The van der Waals surface area contributed by atoms with Crippen LogP contribution in [0.25, 0.3) is 0 Å². The van der Waals surface area contributed by atoms with E-state index in [1.165, 1.54) is 19.4 Å². The van der Waals surface area contributed by atoms with Crippen LogP contribution in [0.1, 0.15) is 26.7 Å². The molecule has 5 nitrogen and oxygen atoms in total. The van der Waals surface area contributed by atoms with E-state index < -0.39 is 5.54 Å². The van der Waals surface area contributed by atoms with Crippen LogP contribution in [-0.2, 0) is 4.79 Å². The van der Waals surface area contributed by atoms with E-state index in [0.29, 0.717) is 18.6 Å². The molecule has 3 atom stereocenters. The maximum atomic E-state index is 11.6. The van der Waals surface area contributed by atoms with Gasteiger partial charge in [-0.15, -0.1) is 0 Å². The van der Waals surface area contributed by atoms with Crippen molar-refractivity contribution in [3.63, 3.8) is 0 Å². The van der Waals surface area contributed by atoms with E-state index >= 15 is 0 Å². The molecule has 2 heterocycles. The Labute approximate surface area is 110 Å². The van der Waals surface area contributed by atoms with Gasteiger partial charge in [-0.05, 0) is 40.3 Å². The van der Waals surface area contributed by atoms with Crippen LogP contribution in [-0.4, -0.2) is 66.6 Å². The molecule has 2 rings (SSSR count). The average molecular weight is 254 g/mol. The van der Waals surface area contributed by atoms with E-state index in [1.807, 2.05) is 6.92 Å². The highest BCUT2D eigenvalue weighted by Gasteiger charge is 2.39. The Morgan fingerprint density at radius 2 is 2.22 bits per heavy atom. The fraction of sp³-hybridized carbons (Fsp3) is 0.923. The van der Waals surface area contributed by atoms with E-state index in [0.717, 1.165) is 13.1 Å². The van der Waals surface area contributed by atoms with Crippen LogP contribution in [0.15, 0.2) is 0 Å². The van der Waals surface area contributed by atoms with Crippen LogP contribution in [0, 0.1) is 0 Å². The highest BCUT2D eigenvalue weighted by atomic mass is 16.1. The third-order valence-corrected chi connectivity index (χ3v) is 4.68. The molecule has 2 fully saturated rings. The first-order chi connectivity index (χ1) is 8.46. The number of nitrogens with one attached hydrogen (secondary N) is 1. The highest BCUT2D eigenvalue weighted by molar-refractivity contribution is 5.84. The Kier molecular flexibility index (Phi) is 3.94. The molecule has 5 heteroatoms. The molecule has 0 aliphatic carbocycles. The standard InChI is InChI=1S/C13H26N4O/c1-10-7-16-6-4-5-11(16)8-17(10)9-13(2,15-3)12(14)18/h10-11,15H,4-9H2,1-3H3,(H2,14,18). The molecule has 0 aromatic carbocycles. The smallest absolute Gasteiger partial charge is 0.238 e. The monoisotopic (exact) mass is 254 g/mol. The first-order valence-corrected chi connectivity index (χ1v) is 6.93. The normalized spacial score (nSPS) is 33.1.